The number of phenols is 1. The highest BCUT2D eigenvalue weighted by Gasteiger charge is 2.16. The molecule has 0 spiro atoms. The molecule has 2 N–H and O–H groups in total. The van der Waals surface area contributed by atoms with Crippen LogP contribution in [0, 0.1) is 5.41 Å². The molecule has 1 aromatic carbocycles. The van der Waals surface area contributed by atoms with Gasteiger partial charge in [-0.3, -0.25) is 4.79 Å². The molecule has 0 aliphatic heterocycles. The van der Waals surface area contributed by atoms with Crippen LogP contribution >= 0.6 is 0 Å². The summed E-state index contributed by atoms with van der Waals surface area (Å²) < 4.78 is 5.01. The molecule has 0 aliphatic carbocycles. The van der Waals surface area contributed by atoms with Crippen molar-refractivity contribution in [2.24, 2.45) is 5.41 Å². The molecular formula is C13H19NO3. The van der Waals surface area contributed by atoms with Crippen LogP contribution in [0.15, 0.2) is 18.2 Å². The maximum Gasteiger partial charge on any atom is 0.255 e. The van der Waals surface area contributed by atoms with Crippen LogP contribution in [0.2, 0.25) is 0 Å². The number of nitrogens with one attached hydrogen (secondary N) is 1. The van der Waals surface area contributed by atoms with Gasteiger partial charge >= 0.3 is 0 Å². The topological polar surface area (TPSA) is 58.6 Å². The van der Waals surface area contributed by atoms with Crippen LogP contribution in [-0.4, -0.2) is 24.7 Å². The van der Waals surface area contributed by atoms with Crippen molar-refractivity contribution in [3.05, 3.63) is 23.8 Å². The van der Waals surface area contributed by atoms with E-state index < -0.39 is 0 Å². The lowest BCUT2D eigenvalue weighted by Crippen LogP contribution is -2.32. The standard InChI is InChI=1S/C13H19NO3/c1-13(2,3)8-14-12(16)10-7-9(17-4)5-6-11(10)15/h5-7,15H,8H2,1-4H3,(H,14,16). The second-order valence-corrected chi connectivity index (χ2v) is 5.13. The van der Waals surface area contributed by atoms with Gasteiger partial charge in [-0.05, 0) is 23.6 Å². The predicted octanol–water partition coefficient (Wildman–Crippen LogP) is 2.18. The molecular weight excluding hydrogens is 218 g/mol. The van der Waals surface area contributed by atoms with Gasteiger partial charge in [0.25, 0.3) is 5.91 Å². The summed E-state index contributed by atoms with van der Waals surface area (Å²) in [6.45, 7) is 6.62. The van der Waals surface area contributed by atoms with Gasteiger partial charge in [0.05, 0.1) is 12.7 Å². The summed E-state index contributed by atoms with van der Waals surface area (Å²) in [6.07, 6.45) is 0. The van der Waals surface area contributed by atoms with Gasteiger partial charge in [-0.25, -0.2) is 0 Å². The summed E-state index contributed by atoms with van der Waals surface area (Å²) >= 11 is 0. The molecule has 1 amide bonds. The lowest BCUT2D eigenvalue weighted by Gasteiger charge is -2.19. The lowest BCUT2D eigenvalue weighted by atomic mass is 9.97. The SMILES string of the molecule is COc1ccc(O)c(C(=O)NCC(C)(C)C)c1. The minimum Gasteiger partial charge on any atom is -0.507 e. The van der Waals surface area contributed by atoms with Crippen LogP contribution in [0.3, 0.4) is 0 Å². The Morgan fingerprint density at radius 1 is 1.41 bits per heavy atom. The fourth-order valence-corrected chi connectivity index (χ4v) is 1.26. The highest BCUT2D eigenvalue weighted by molar-refractivity contribution is 5.97. The van der Waals surface area contributed by atoms with Crippen molar-refractivity contribution >= 4 is 5.91 Å². The van der Waals surface area contributed by atoms with Gasteiger partial charge in [-0.1, -0.05) is 20.8 Å². The molecule has 4 heteroatoms. The Balaban J connectivity index is 2.81. The van der Waals surface area contributed by atoms with E-state index in [1.807, 2.05) is 20.8 Å². The van der Waals surface area contributed by atoms with Crippen LogP contribution in [0.25, 0.3) is 0 Å². The number of carbonyl (C=O) groups is 1. The first-order chi connectivity index (χ1) is 7.83. The zero-order valence-corrected chi connectivity index (χ0v) is 10.7. The molecule has 0 saturated heterocycles. The number of carbonyl (C=O) groups excluding carboxylic acids is 1. The van der Waals surface area contributed by atoms with Crippen LogP contribution < -0.4 is 10.1 Å². The van der Waals surface area contributed by atoms with E-state index in [4.69, 9.17) is 4.74 Å². The third kappa shape index (κ3) is 3.98. The van der Waals surface area contributed by atoms with Crippen LogP contribution in [-0.2, 0) is 0 Å². The first-order valence-electron chi connectivity index (χ1n) is 5.49. The summed E-state index contributed by atoms with van der Waals surface area (Å²) in [4.78, 5) is 11.9. The smallest absolute Gasteiger partial charge is 0.255 e. The first-order valence-corrected chi connectivity index (χ1v) is 5.49. The second-order valence-electron chi connectivity index (χ2n) is 5.13. The summed E-state index contributed by atoms with van der Waals surface area (Å²) in [5.74, 6) is 0.206. The molecule has 1 aromatic rings. The van der Waals surface area contributed by atoms with E-state index >= 15 is 0 Å². The zero-order chi connectivity index (χ0) is 13.1. The second kappa shape index (κ2) is 5.08. The summed E-state index contributed by atoms with van der Waals surface area (Å²) in [7, 11) is 1.52. The molecule has 0 radical (unpaired) electrons. The lowest BCUT2D eigenvalue weighted by molar-refractivity contribution is 0.0936. The molecule has 0 atom stereocenters. The molecule has 94 valence electrons. The molecule has 0 fully saturated rings. The fourth-order valence-electron chi connectivity index (χ4n) is 1.26. The Morgan fingerprint density at radius 3 is 2.59 bits per heavy atom. The minimum absolute atomic E-state index is 0.00411. The summed E-state index contributed by atoms with van der Waals surface area (Å²) in [5.41, 5.74) is 0.234. The molecule has 1 rings (SSSR count). The van der Waals surface area contributed by atoms with Crippen LogP contribution in [0.5, 0.6) is 11.5 Å². The highest BCUT2D eigenvalue weighted by atomic mass is 16.5. The van der Waals surface area contributed by atoms with Gasteiger partial charge in [0.15, 0.2) is 0 Å². The van der Waals surface area contributed by atoms with Gasteiger partial charge in [-0.15, -0.1) is 0 Å². The number of hydrogen-bond donors (Lipinski definition) is 2. The third-order valence-electron chi connectivity index (χ3n) is 2.23. The molecule has 0 aromatic heterocycles. The Labute approximate surface area is 102 Å². The molecule has 0 saturated carbocycles. The van der Waals surface area contributed by atoms with Crippen molar-refractivity contribution in [2.45, 2.75) is 20.8 Å². The van der Waals surface area contributed by atoms with E-state index in [-0.39, 0.29) is 22.6 Å². The fraction of sp³-hybridized carbons (Fsp3) is 0.462. The number of methoxy groups -OCH3 is 1. The number of aromatic hydroxyl groups is 1. The Hall–Kier alpha value is -1.71. The first kappa shape index (κ1) is 13.4. The highest BCUT2D eigenvalue weighted by Crippen LogP contribution is 2.23. The van der Waals surface area contributed by atoms with E-state index in [2.05, 4.69) is 5.32 Å². The monoisotopic (exact) mass is 237 g/mol. The maximum atomic E-state index is 11.9. The summed E-state index contributed by atoms with van der Waals surface area (Å²) in [5, 5.41) is 12.4. The van der Waals surface area contributed by atoms with E-state index in [9.17, 15) is 9.90 Å². The Bertz CT molecular complexity index is 408. The zero-order valence-electron chi connectivity index (χ0n) is 10.7. The minimum atomic E-state index is -0.295. The number of benzene rings is 1. The summed E-state index contributed by atoms with van der Waals surface area (Å²) in [6, 6.07) is 4.58. The Morgan fingerprint density at radius 2 is 2.06 bits per heavy atom. The normalized spacial score (nSPS) is 11.1. The largest absolute Gasteiger partial charge is 0.507 e. The van der Waals surface area contributed by atoms with Crippen molar-refractivity contribution in [2.75, 3.05) is 13.7 Å². The number of hydrogen-bond acceptors (Lipinski definition) is 3. The molecule has 0 unspecified atom stereocenters. The molecule has 0 heterocycles. The van der Waals surface area contributed by atoms with Crippen LogP contribution in [0.1, 0.15) is 31.1 Å². The number of phenolic OH excluding ortho intramolecular Hbond substituents is 1. The van der Waals surface area contributed by atoms with Crippen molar-refractivity contribution in [1.82, 2.24) is 5.32 Å². The third-order valence-corrected chi connectivity index (χ3v) is 2.23. The molecule has 0 aliphatic rings. The van der Waals surface area contributed by atoms with Gasteiger partial charge in [0.2, 0.25) is 0 Å². The quantitative estimate of drug-likeness (QED) is 0.847. The average molecular weight is 237 g/mol. The van der Waals surface area contributed by atoms with Gasteiger partial charge in [-0.2, -0.15) is 0 Å². The van der Waals surface area contributed by atoms with Crippen molar-refractivity contribution < 1.29 is 14.6 Å². The molecule has 4 nitrogen and oxygen atoms in total. The number of rotatable bonds is 3. The van der Waals surface area contributed by atoms with E-state index in [0.29, 0.717) is 12.3 Å². The molecule has 0 bridgehead atoms. The number of ether oxygens (including phenoxy) is 1. The van der Waals surface area contributed by atoms with E-state index in [1.165, 1.54) is 19.2 Å². The van der Waals surface area contributed by atoms with Crippen LogP contribution in [0.4, 0.5) is 0 Å². The number of amides is 1. The van der Waals surface area contributed by atoms with Crippen molar-refractivity contribution in [3.8, 4) is 11.5 Å². The van der Waals surface area contributed by atoms with Crippen molar-refractivity contribution in [1.29, 1.82) is 0 Å². The molecule has 17 heavy (non-hydrogen) atoms. The van der Waals surface area contributed by atoms with E-state index in [1.54, 1.807) is 6.07 Å². The van der Waals surface area contributed by atoms with Gasteiger partial charge in [0.1, 0.15) is 11.5 Å². The Kier molecular flexibility index (Phi) is 3.99. The predicted molar refractivity (Wildman–Crippen MR) is 66.4 cm³/mol. The van der Waals surface area contributed by atoms with E-state index in [0.717, 1.165) is 0 Å². The van der Waals surface area contributed by atoms with Crippen molar-refractivity contribution in [3.63, 3.8) is 0 Å². The average Bonchev–Trinajstić information content (AvgIpc) is 2.25. The van der Waals surface area contributed by atoms with Gasteiger partial charge in [0, 0.05) is 6.54 Å². The maximum absolute atomic E-state index is 11.9. The van der Waals surface area contributed by atoms with Gasteiger partial charge < -0.3 is 15.2 Å².